The van der Waals surface area contributed by atoms with E-state index < -0.39 is 0 Å². The van der Waals surface area contributed by atoms with E-state index >= 15 is 0 Å². The van der Waals surface area contributed by atoms with Crippen molar-refractivity contribution in [2.75, 3.05) is 11.5 Å². The van der Waals surface area contributed by atoms with Crippen LogP contribution in [0.3, 0.4) is 0 Å². The van der Waals surface area contributed by atoms with E-state index in [1.54, 1.807) is 0 Å². The summed E-state index contributed by atoms with van der Waals surface area (Å²) >= 11 is 4.05. The van der Waals surface area contributed by atoms with E-state index in [2.05, 4.69) is 43.8 Å². The van der Waals surface area contributed by atoms with Crippen LogP contribution in [0, 0.1) is 0 Å². The first-order valence-corrected chi connectivity index (χ1v) is 18.7. The van der Waals surface area contributed by atoms with Crippen LogP contribution in [0.25, 0.3) is 6.08 Å². The molecule has 220 valence electrons. The lowest BCUT2D eigenvalue weighted by atomic mass is 10.1. The van der Waals surface area contributed by atoms with Crippen molar-refractivity contribution >= 4 is 29.6 Å². The molecule has 1 nitrogen and oxygen atoms in total. The fraction of sp³-hybridized carbons (Fsp3) is 0.771. The van der Waals surface area contributed by atoms with Gasteiger partial charge in [-0.1, -0.05) is 148 Å². The van der Waals surface area contributed by atoms with Crippen molar-refractivity contribution < 1.29 is 5.11 Å². The third kappa shape index (κ3) is 19.5. The van der Waals surface area contributed by atoms with Gasteiger partial charge in [0.05, 0.1) is 0 Å². The van der Waals surface area contributed by atoms with Crippen LogP contribution < -0.4 is 0 Å². The molecule has 0 atom stereocenters. The number of phenols is 1. The number of allylic oxidation sites excluding steroid dienone is 1. The molecule has 38 heavy (non-hydrogen) atoms. The Morgan fingerprint density at radius 2 is 1.00 bits per heavy atom. The summed E-state index contributed by atoms with van der Waals surface area (Å²) in [5.41, 5.74) is 3.47. The molecule has 0 saturated carbocycles. The molecule has 0 heterocycles. The minimum atomic E-state index is 0.488. The molecule has 1 N–H and O–H groups in total. The number of hydrogen-bond donors (Lipinski definition) is 1. The molecule has 0 unspecified atom stereocenters. The quantitative estimate of drug-likeness (QED) is 0.108. The van der Waals surface area contributed by atoms with Crippen LogP contribution in [0.15, 0.2) is 18.2 Å². The first-order chi connectivity index (χ1) is 18.7. The zero-order chi connectivity index (χ0) is 27.5. The van der Waals surface area contributed by atoms with Crippen molar-refractivity contribution in [3.63, 3.8) is 0 Å². The first-order valence-electron chi connectivity index (χ1n) is 16.4. The topological polar surface area (TPSA) is 20.2 Å². The number of phenolic OH excluding ortho intramolecular Hbond substituents is 1. The average molecular weight is 563 g/mol. The van der Waals surface area contributed by atoms with E-state index in [4.69, 9.17) is 0 Å². The third-order valence-corrected chi connectivity index (χ3v) is 9.64. The summed E-state index contributed by atoms with van der Waals surface area (Å²) < 4.78 is 0. The van der Waals surface area contributed by atoms with Gasteiger partial charge >= 0.3 is 0 Å². The minimum Gasteiger partial charge on any atom is -0.507 e. The zero-order valence-electron chi connectivity index (χ0n) is 25.5. The Morgan fingerprint density at radius 1 is 0.579 bits per heavy atom. The summed E-state index contributed by atoms with van der Waals surface area (Å²) in [5.74, 6) is 4.91. The maximum atomic E-state index is 10.8. The van der Waals surface area contributed by atoms with E-state index in [-0.39, 0.29) is 0 Å². The molecule has 1 aromatic carbocycles. The molecule has 0 bridgehead atoms. The normalized spacial score (nSPS) is 11.7. The van der Waals surface area contributed by atoms with Gasteiger partial charge in [-0.25, -0.2) is 0 Å². The summed E-state index contributed by atoms with van der Waals surface area (Å²) in [4.78, 5) is 0. The van der Waals surface area contributed by atoms with E-state index in [1.807, 2.05) is 24.8 Å². The predicted molar refractivity (Wildman–Crippen MR) is 179 cm³/mol. The minimum absolute atomic E-state index is 0.488. The van der Waals surface area contributed by atoms with Gasteiger partial charge in [0.1, 0.15) is 5.75 Å². The number of aromatic hydroxyl groups is 1. The highest BCUT2D eigenvalue weighted by Crippen LogP contribution is 2.31. The Labute approximate surface area is 246 Å². The van der Waals surface area contributed by atoms with Crippen LogP contribution in [-0.2, 0) is 11.5 Å². The van der Waals surface area contributed by atoms with Crippen molar-refractivity contribution in [1.82, 2.24) is 0 Å². The predicted octanol–water partition coefficient (Wildman–Crippen LogP) is 12.7. The summed E-state index contributed by atoms with van der Waals surface area (Å²) in [6.45, 7) is 6.61. The molecule has 0 aromatic heterocycles. The highest BCUT2D eigenvalue weighted by Gasteiger charge is 2.09. The maximum absolute atomic E-state index is 10.8. The highest BCUT2D eigenvalue weighted by molar-refractivity contribution is 7.98. The standard InChI is InChI=1S/C35H62OS2/c1-4-7-9-11-13-15-17-19-21-23-26-37-30-32-28-33(25-6-3)35(36)34(29-32)31-38-27-24-22-20-18-16-14-12-10-8-5-2/h6,25,28-29,36H,4-5,7-24,26-27,30-31H2,1-3H3/b25-6-. The van der Waals surface area contributed by atoms with Gasteiger partial charge in [-0.2, -0.15) is 23.5 Å². The molecule has 0 amide bonds. The van der Waals surface area contributed by atoms with Gasteiger partial charge in [0.25, 0.3) is 0 Å². The summed E-state index contributed by atoms with van der Waals surface area (Å²) in [6, 6.07) is 4.46. The lowest BCUT2D eigenvalue weighted by molar-refractivity contribution is 0.469. The van der Waals surface area contributed by atoms with Gasteiger partial charge in [-0.3, -0.25) is 0 Å². The fourth-order valence-corrected chi connectivity index (χ4v) is 6.99. The summed E-state index contributed by atoms with van der Waals surface area (Å²) in [7, 11) is 0. The van der Waals surface area contributed by atoms with Gasteiger partial charge in [0, 0.05) is 22.6 Å². The molecule has 3 heteroatoms. The van der Waals surface area contributed by atoms with Gasteiger partial charge in [-0.15, -0.1) is 0 Å². The van der Waals surface area contributed by atoms with Crippen LogP contribution in [0.1, 0.15) is 166 Å². The van der Waals surface area contributed by atoms with Gasteiger partial charge in [0.2, 0.25) is 0 Å². The van der Waals surface area contributed by atoms with Crippen LogP contribution in [0.2, 0.25) is 0 Å². The molecule has 0 spiro atoms. The van der Waals surface area contributed by atoms with Crippen LogP contribution in [0.4, 0.5) is 0 Å². The van der Waals surface area contributed by atoms with Crippen LogP contribution >= 0.6 is 23.5 Å². The fourth-order valence-electron chi connectivity index (χ4n) is 5.04. The largest absolute Gasteiger partial charge is 0.507 e. The van der Waals surface area contributed by atoms with E-state index in [0.29, 0.717) is 5.75 Å². The lowest BCUT2D eigenvalue weighted by Gasteiger charge is -2.12. The molecule has 1 aromatic rings. The first kappa shape index (κ1) is 35.5. The number of benzene rings is 1. The maximum Gasteiger partial charge on any atom is 0.126 e. The molecule has 0 aliphatic heterocycles. The monoisotopic (exact) mass is 562 g/mol. The number of unbranched alkanes of at least 4 members (excludes halogenated alkanes) is 18. The molecule has 0 aliphatic carbocycles. The Hall–Kier alpha value is -0.540. The number of thioether (sulfide) groups is 2. The van der Waals surface area contributed by atoms with Gasteiger partial charge in [0.15, 0.2) is 0 Å². The van der Waals surface area contributed by atoms with Crippen molar-refractivity contribution in [2.45, 2.75) is 161 Å². The Bertz CT molecular complexity index is 685. The average Bonchev–Trinajstić information content (AvgIpc) is 2.92. The van der Waals surface area contributed by atoms with Gasteiger partial charge < -0.3 is 5.11 Å². The van der Waals surface area contributed by atoms with Crippen molar-refractivity contribution in [2.24, 2.45) is 0 Å². The third-order valence-electron chi connectivity index (χ3n) is 7.44. The second-order valence-electron chi connectivity index (χ2n) is 11.2. The molecule has 0 saturated heterocycles. The Balaban J connectivity index is 2.22. The molecule has 0 fully saturated rings. The Kier molecular flexibility index (Phi) is 24.9. The van der Waals surface area contributed by atoms with Crippen LogP contribution in [-0.4, -0.2) is 16.6 Å². The summed E-state index contributed by atoms with van der Waals surface area (Å²) in [5, 5.41) is 10.8. The Morgan fingerprint density at radius 3 is 1.45 bits per heavy atom. The molecule has 0 radical (unpaired) electrons. The van der Waals surface area contributed by atoms with Crippen LogP contribution in [0.5, 0.6) is 5.75 Å². The molecule has 1 rings (SSSR count). The zero-order valence-corrected chi connectivity index (χ0v) is 27.2. The second-order valence-corrected chi connectivity index (χ2v) is 13.4. The second kappa shape index (κ2) is 26.7. The molecular formula is C35H62OS2. The lowest BCUT2D eigenvalue weighted by Crippen LogP contribution is -1.93. The number of rotatable bonds is 27. The van der Waals surface area contributed by atoms with Crippen molar-refractivity contribution in [3.8, 4) is 5.75 Å². The van der Waals surface area contributed by atoms with Crippen molar-refractivity contribution in [1.29, 1.82) is 0 Å². The smallest absolute Gasteiger partial charge is 0.126 e. The highest BCUT2D eigenvalue weighted by atomic mass is 32.2. The number of hydrogen-bond acceptors (Lipinski definition) is 3. The summed E-state index contributed by atoms with van der Waals surface area (Å²) in [6.07, 6.45) is 32.0. The van der Waals surface area contributed by atoms with Crippen molar-refractivity contribution in [3.05, 3.63) is 34.9 Å². The van der Waals surface area contributed by atoms with Gasteiger partial charge in [-0.05, 0) is 42.9 Å². The van der Waals surface area contributed by atoms with E-state index in [1.165, 1.54) is 145 Å². The van der Waals surface area contributed by atoms with E-state index in [9.17, 15) is 5.11 Å². The van der Waals surface area contributed by atoms with E-state index in [0.717, 1.165) is 22.6 Å². The molecule has 0 aliphatic rings. The molecular weight excluding hydrogens is 501 g/mol. The SMILES string of the molecule is C/C=C\c1cc(CSCCCCCCCCCCCC)cc(CSCCCCCCCCCCCC)c1O.